The van der Waals surface area contributed by atoms with Crippen molar-refractivity contribution in [3.8, 4) is 22.8 Å². The first-order chi connectivity index (χ1) is 13.5. The minimum absolute atomic E-state index is 0.0733. The molecule has 3 aromatic rings. The largest absolute Gasteiger partial charge is 0.334 e. The number of thiophene rings is 1. The van der Waals surface area contributed by atoms with Gasteiger partial charge in [0.25, 0.3) is 15.9 Å². The van der Waals surface area contributed by atoms with Crippen molar-refractivity contribution in [2.75, 3.05) is 6.54 Å². The zero-order chi connectivity index (χ0) is 19.7. The lowest BCUT2D eigenvalue weighted by Gasteiger charge is -2.33. The minimum Gasteiger partial charge on any atom is -0.334 e. The van der Waals surface area contributed by atoms with E-state index < -0.39 is 10.0 Å². The highest BCUT2D eigenvalue weighted by molar-refractivity contribution is 7.91. The molecule has 28 heavy (non-hydrogen) atoms. The van der Waals surface area contributed by atoms with E-state index in [0.717, 1.165) is 31.2 Å². The second-order valence-corrected chi connectivity index (χ2v) is 10.2. The topological polar surface area (TPSA) is 76.3 Å². The zero-order valence-electron chi connectivity index (χ0n) is 15.3. The Morgan fingerprint density at radius 2 is 2.04 bits per heavy atom. The zero-order valence-corrected chi connectivity index (χ0v) is 17.7. The summed E-state index contributed by atoms with van der Waals surface area (Å²) in [7, 11) is -3.51. The van der Waals surface area contributed by atoms with Crippen LogP contribution in [0.3, 0.4) is 0 Å². The summed E-state index contributed by atoms with van der Waals surface area (Å²) >= 11 is 7.10. The second-order valence-electron chi connectivity index (χ2n) is 6.76. The first-order valence-electron chi connectivity index (χ1n) is 9.19. The van der Waals surface area contributed by atoms with Gasteiger partial charge in [0.2, 0.25) is 5.82 Å². The summed E-state index contributed by atoms with van der Waals surface area (Å²) in [5.74, 6) is 0.734. The Balaban J connectivity index is 1.60. The number of piperidine rings is 1. The Morgan fingerprint density at radius 1 is 1.25 bits per heavy atom. The number of halogens is 1. The standard InChI is InChI=1S/C19H20ClN3O3S2/c1-2-16-5-3-4-10-23(16)28(24,25)17-11-14(12-27-17)19-21-18(22-26-19)13-6-8-15(20)9-7-13/h6-9,11-12,16H,2-5,10H2,1H3/t16-/m1/s1. The highest BCUT2D eigenvalue weighted by Crippen LogP contribution is 2.33. The Hall–Kier alpha value is -1.74. The predicted octanol–water partition coefficient (Wildman–Crippen LogP) is 5.07. The molecule has 0 saturated carbocycles. The van der Waals surface area contributed by atoms with Gasteiger partial charge in [-0.25, -0.2) is 8.42 Å². The van der Waals surface area contributed by atoms with Gasteiger partial charge in [0.1, 0.15) is 4.21 Å². The van der Waals surface area contributed by atoms with Gasteiger partial charge < -0.3 is 4.52 Å². The van der Waals surface area contributed by atoms with Crippen LogP contribution in [0.25, 0.3) is 22.8 Å². The quantitative estimate of drug-likeness (QED) is 0.556. The van der Waals surface area contributed by atoms with Gasteiger partial charge in [-0.3, -0.25) is 0 Å². The number of benzene rings is 1. The van der Waals surface area contributed by atoms with Crippen LogP contribution in [0.15, 0.2) is 44.4 Å². The number of nitrogens with zero attached hydrogens (tertiary/aromatic N) is 3. The molecular formula is C19H20ClN3O3S2. The fourth-order valence-corrected chi connectivity index (χ4v) is 6.61. The van der Waals surface area contributed by atoms with Crippen molar-refractivity contribution in [1.82, 2.24) is 14.4 Å². The van der Waals surface area contributed by atoms with E-state index in [2.05, 4.69) is 10.1 Å². The molecule has 1 aromatic carbocycles. The number of hydrogen-bond acceptors (Lipinski definition) is 6. The van der Waals surface area contributed by atoms with Crippen molar-refractivity contribution < 1.29 is 12.9 Å². The molecule has 0 spiro atoms. The van der Waals surface area contributed by atoms with Crippen molar-refractivity contribution in [3.05, 3.63) is 40.7 Å². The Kier molecular flexibility index (Phi) is 5.55. The van der Waals surface area contributed by atoms with Crippen LogP contribution in [0.1, 0.15) is 32.6 Å². The lowest BCUT2D eigenvalue weighted by Crippen LogP contribution is -2.42. The molecule has 2 aromatic heterocycles. The van der Waals surface area contributed by atoms with Crippen molar-refractivity contribution in [2.45, 2.75) is 42.9 Å². The van der Waals surface area contributed by atoms with Gasteiger partial charge in [-0.1, -0.05) is 30.1 Å². The number of sulfonamides is 1. The van der Waals surface area contributed by atoms with Crippen LogP contribution in [0, 0.1) is 0 Å². The predicted molar refractivity (Wildman–Crippen MR) is 110 cm³/mol. The van der Waals surface area contributed by atoms with Gasteiger partial charge in [0.05, 0.1) is 5.56 Å². The van der Waals surface area contributed by atoms with Crippen molar-refractivity contribution in [3.63, 3.8) is 0 Å². The van der Waals surface area contributed by atoms with E-state index in [-0.39, 0.29) is 6.04 Å². The van der Waals surface area contributed by atoms with Crippen LogP contribution in [0.2, 0.25) is 5.02 Å². The van der Waals surface area contributed by atoms with E-state index in [1.807, 2.05) is 19.1 Å². The molecule has 1 aliphatic heterocycles. The smallest absolute Gasteiger partial charge is 0.259 e. The van der Waals surface area contributed by atoms with Gasteiger partial charge in [-0.05, 0) is 49.6 Å². The summed E-state index contributed by atoms with van der Waals surface area (Å²) in [6, 6.07) is 8.82. The number of hydrogen-bond donors (Lipinski definition) is 0. The maximum Gasteiger partial charge on any atom is 0.259 e. The molecule has 0 amide bonds. The molecule has 1 aliphatic rings. The van der Waals surface area contributed by atoms with Crippen LogP contribution in [0.4, 0.5) is 0 Å². The third-order valence-electron chi connectivity index (χ3n) is 4.96. The molecule has 0 radical (unpaired) electrons. The van der Waals surface area contributed by atoms with Crippen molar-refractivity contribution in [1.29, 1.82) is 0 Å². The van der Waals surface area contributed by atoms with Crippen LogP contribution >= 0.6 is 22.9 Å². The highest BCUT2D eigenvalue weighted by atomic mass is 35.5. The third-order valence-corrected chi connectivity index (χ3v) is 8.58. The molecule has 0 aliphatic carbocycles. The SMILES string of the molecule is CC[C@@H]1CCCCN1S(=O)(=O)c1cc(-c2nc(-c3ccc(Cl)cc3)no2)cs1. The summed E-state index contributed by atoms with van der Waals surface area (Å²) in [6.45, 7) is 2.62. The van der Waals surface area contributed by atoms with E-state index in [0.29, 0.717) is 33.1 Å². The lowest BCUT2D eigenvalue weighted by atomic mass is 10.0. The summed E-state index contributed by atoms with van der Waals surface area (Å²) in [5.41, 5.74) is 1.39. The average Bonchev–Trinajstić information content (AvgIpc) is 3.38. The Bertz CT molecular complexity index is 1060. The first-order valence-corrected chi connectivity index (χ1v) is 11.9. The van der Waals surface area contributed by atoms with Gasteiger partial charge >= 0.3 is 0 Å². The second kappa shape index (κ2) is 7.94. The summed E-state index contributed by atoms with van der Waals surface area (Å²) in [5, 5.41) is 6.37. The fraction of sp³-hybridized carbons (Fsp3) is 0.368. The van der Waals surface area contributed by atoms with Crippen LogP contribution in [0.5, 0.6) is 0 Å². The molecule has 3 heterocycles. The average molecular weight is 438 g/mol. The van der Waals surface area contributed by atoms with Crippen LogP contribution < -0.4 is 0 Å². The maximum absolute atomic E-state index is 13.1. The van der Waals surface area contributed by atoms with E-state index >= 15 is 0 Å². The van der Waals surface area contributed by atoms with E-state index in [9.17, 15) is 8.42 Å². The highest BCUT2D eigenvalue weighted by Gasteiger charge is 2.33. The van der Waals surface area contributed by atoms with Gasteiger partial charge in [-0.2, -0.15) is 9.29 Å². The summed E-state index contributed by atoms with van der Waals surface area (Å²) < 4.78 is 33.6. The van der Waals surface area contributed by atoms with Crippen LogP contribution in [-0.4, -0.2) is 35.5 Å². The minimum atomic E-state index is -3.51. The fourth-order valence-electron chi connectivity index (χ4n) is 3.43. The molecule has 1 fully saturated rings. The summed E-state index contributed by atoms with van der Waals surface area (Å²) in [4.78, 5) is 4.40. The van der Waals surface area contributed by atoms with Crippen molar-refractivity contribution >= 4 is 33.0 Å². The maximum atomic E-state index is 13.1. The Morgan fingerprint density at radius 3 is 2.79 bits per heavy atom. The third kappa shape index (κ3) is 3.74. The van der Waals surface area contributed by atoms with Gasteiger partial charge in [0.15, 0.2) is 0 Å². The molecule has 4 rings (SSSR count). The molecule has 9 heteroatoms. The molecule has 1 saturated heterocycles. The molecular weight excluding hydrogens is 418 g/mol. The molecule has 1 atom stereocenters. The monoisotopic (exact) mass is 437 g/mol. The molecule has 0 unspecified atom stereocenters. The van der Waals surface area contributed by atoms with E-state index in [1.165, 1.54) is 11.3 Å². The van der Waals surface area contributed by atoms with Crippen LogP contribution in [-0.2, 0) is 10.0 Å². The normalized spacial score (nSPS) is 18.4. The van der Waals surface area contributed by atoms with E-state index in [1.54, 1.807) is 27.9 Å². The molecule has 0 bridgehead atoms. The molecule has 148 valence electrons. The lowest BCUT2D eigenvalue weighted by molar-refractivity contribution is 0.247. The van der Waals surface area contributed by atoms with Gasteiger partial charge in [0, 0.05) is 28.6 Å². The van der Waals surface area contributed by atoms with Gasteiger partial charge in [-0.15, -0.1) is 11.3 Å². The van der Waals surface area contributed by atoms with E-state index in [4.69, 9.17) is 16.1 Å². The van der Waals surface area contributed by atoms with Crippen molar-refractivity contribution in [2.24, 2.45) is 0 Å². The number of aromatic nitrogens is 2. The first kappa shape index (κ1) is 19.6. The Labute approximate surface area is 173 Å². The molecule has 0 N–H and O–H groups in total. The molecule has 6 nitrogen and oxygen atoms in total. The number of rotatable bonds is 5. The summed E-state index contributed by atoms with van der Waals surface area (Å²) in [6.07, 6.45) is 3.73.